The van der Waals surface area contributed by atoms with Crippen LogP contribution in [0.3, 0.4) is 0 Å². The highest BCUT2D eigenvalue weighted by atomic mass is 19.1. The Morgan fingerprint density at radius 3 is 3.05 bits per heavy atom. The summed E-state index contributed by atoms with van der Waals surface area (Å²) in [6.07, 6.45) is 7.08. The summed E-state index contributed by atoms with van der Waals surface area (Å²) in [5.74, 6) is 2.22. The number of ether oxygens (including phenoxy) is 2. The van der Waals surface area contributed by atoms with Gasteiger partial charge in [-0.3, -0.25) is 4.79 Å². The Hall–Kier alpha value is -2.06. The molecule has 0 N–H and O–H groups in total. The molecule has 1 aliphatic heterocycles. The van der Waals surface area contributed by atoms with Gasteiger partial charge in [0, 0.05) is 13.1 Å². The molecule has 1 aromatic carbocycles. The first-order valence-electron chi connectivity index (χ1n) is 7.37. The maximum absolute atomic E-state index is 13.4. The summed E-state index contributed by atoms with van der Waals surface area (Å²) in [7, 11) is 0. The number of hydrogen-bond donors (Lipinski definition) is 0. The highest BCUT2D eigenvalue weighted by Crippen LogP contribution is 2.18. The SMILES string of the molecule is C#CCOC[C@H]1CCCN(C(=O)COc2ccccc2F)C1. The lowest BCUT2D eigenvalue weighted by Crippen LogP contribution is -2.43. The van der Waals surface area contributed by atoms with Gasteiger partial charge in [0.15, 0.2) is 18.2 Å². The monoisotopic (exact) mass is 305 g/mol. The summed E-state index contributed by atoms with van der Waals surface area (Å²) in [5.41, 5.74) is 0. The molecule has 118 valence electrons. The molecule has 0 radical (unpaired) electrons. The lowest BCUT2D eigenvalue weighted by molar-refractivity contribution is -0.135. The molecule has 22 heavy (non-hydrogen) atoms. The predicted octanol–water partition coefficient (Wildman–Crippen LogP) is 2.09. The van der Waals surface area contributed by atoms with E-state index in [9.17, 15) is 9.18 Å². The van der Waals surface area contributed by atoms with Crippen molar-refractivity contribution in [1.29, 1.82) is 0 Å². The minimum atomic E-state index is -0.463. The number of halogens is 1. The topological polar surface area (TPSA) is 38.8 Å². The maximum atomic E-state index is 13.4. The van der Waals surface area contributed by atoms with Gasteiger partial charge < -0.3 is 14.4 Å². The van der Waals surface area contributed by atoms with Crippen molar-refractivity contribution in [1.82, 2.24) is 4.90 Å². The molecule has 0 bridgehead atoms. The standard InChI is InChI=1S/C17H20FNO3/c1-2-10-21-12-14-6-5-9-19(11-14)17(20)13-22-16-8-4-3-7-15(16)18/h1,3-4,7-8,14H,5-6,9-13H2/t14-/m0/s1. The van der Waals surface area contributed by atoms with Crippen LogP contribution in [0.5, 0.6) is 5.75 Å². The van der Waals surface area contributed by atoms with Crippen molar-refractivity contribution in [2.75, 3.05) is 32.9 Å². The van der Waals surface area contributed by atoms with E-state index in [4.69, 9.17) is 15.9 Å². The molecule has 4 nitrogen and oxygen atoms in total. The van der Waals surface area contributed by atoms with Crippen molar-refractivity contribution in [3.8, 4) is 18.1 Å². The average Bonchev–Trinajstić information content (AvgIpc) is 2.54. The molecule has 5 heteroatoms. The summed E-state index contributed by atoms with van der Waals surface area (Å²) >= 11 is 0. The molecule has 1 aromatic rings. The van der Waals surface area contributed by atoms with E-state index in [1.54, 1.807) is 17.0 Å². The molecule has 0 spiro atoms. The first-order valence-corrected chi connectivity index (χ1v) is 7.37. The van der Waals surface area contributed by atoms with Crippen LogP contribution in [0.15, 0.2) is 24.3 Å². The molecule has 0 aromatic heterocycles. The van der Waals surface area contributed by atoms with Crippen LogP contribution in [0.25, 0.3) is 0 Å². The van der Waals surface area contributed by atoms with Gasteiger partial charge in [0.1, 0.15) is 6.61 Å². The Morgan fingerprint density at radius 2 is 2.27 bits per heavy atom. The van der Waals surface area contributed by atoms with E-state index in [-0.39, 0.29) is 18.3 Å². The van der Waals surface area contributed by atoms with Gasteiger partial charge in [0.25, 0.3) is 5.91 Å². The Bertz CT molecular complexity index is 541. The van der Waals surface area contributed by atoms with Gasteiger partial charge in [0.05, 0.1) is 6.61 Å². The first kappa shape index (κ1) is 16.3. The van der Waals surface area contributed by atoms with Crippen LogP contribution in [0.2, 0.25) is 0 Å². The molecule has 1 aliphatic rings. The van der Waals surface area contributed by atoms with Crippen LogP contribution in [0.4, 0.5) is 4.39 Å². The maximum Gasteiger partial charge on any atom is 0.260 e. The normalized spacial score (nSPS) is 17.8. The number of terminal acetylenes is 1. The third kappa shape index (κ3) is 4.74. The largest absolute Gasteiger partial charge is 0.481 e. The number of benzene rings is 1. The smallest absolute Gasteiger partial charge is 0.260 e. The van der Waals surface area contributed by atoms with Crippen LogP contribution >= 0.6 is 0 Å². The van der Waals surface area contributed by atoms with Crippen LogP contribution in [0, 0.1) is 24.1 Å². The fraction of sp³-hybridized carbons (Fsp3) is 0.471. The van der Waals surface area contributed by atoms with Crippen molar-refractivity contribution in [3.63, 3.8) is 0 Å². The number of carbonyl (C=O) groups is 1. The minimum Gasteiger partial charge on any atom is -0.481 e. The quantitative estimate of drug-likeness (QED) is 0.597. The van der Waals surface area contributed by atoms with Crippen molar-refractivity contribution in [2.24, 2.45) is 5.92 Å². The Balaban J connectivity index is 1.79. The van der Waals surface area contributed by atoms with E-state index in [1.165, 1.54) is 12.1 Å². The zero-order valence-electron chi connectivity index (χ0n) is 12.5. The minimum absolute atomic E-state index is 0.0989. The number of nitrogens with zero attached hydrogens (tertiary/aromatic N) is 1. The van der Waals surface area contributed by atoms with E-state index in [0.29, 0.717) is 32.2 Å². The second kappa shape index (κ2) is 8.40. The van der Waals surface area contributed by atoms with Gasteiger partial charge in [0.2, 0.25) is 0 Å². The van der Waals surface area contributed by atoms with Crippen LogP contribution in [0.1, 0.15) is 12.8 Å². The van der Waals surface area contributed by atoms with Gasteiger partial charge in [-0.25, -0.2) is 4.39 Å². The average molecular weight is 305 g/mol. The lowest BCUT2D eigenvalue weighted by Gasteiger charge is -2.32. The van der Waals surface area contributed by atoms with Crippen LogP contribution < -0.4 is 4.74 Å². The van der Waals surface area contributed by atoms with E-state index < -0.39 is 5.82 Å². The molecule has 0 aliphatic carbocycles. The molecule has 1 heterocycles. The second-order valence-corrected chi connectivity index (χ2v) is 5.29. The number of carbonyl (C=O) groups excluding carboxylic acids is 1. The van der Waals surface area contributed by atoms with Gasteiger partial charge in [-0.1, -0.05) is 18.1 Å². The highest BCUT2D eigenvalue weighted by molar-refractivity contribution is 5.77. The van der Waals surface area contributed by atoms with Crippen LogP contribution in [-0.2, 0) is 9.53 Å². The molecule has 0 saturated carbocycles. The Kier molecular flexibility index (Phi) is 6.23. The molecule has 1 fully saturated rings. The summed E-state index contributed by atoms with van der Waals surface area (Å²) in [6.45, 7) is 2.02. The second-order valence-electron chi connectivity index (χ2n) is 5.29. The summed E-state index contributed by atoms with van der Waals surface area (Å²) in [4.78, 5) is 13.9. The fourth-order valence-electron chi connectivity index (χ4n) is 2.50. The predicted molar refractivity (Wildman–Crippen MR) is 80.9 cm³/mol. The van der Waals surface area contributed by atoms with Crippen molar-refractivity contribution >= 4 is 5.91 Å². The third-order valence-electron chi connectivity index (χ3n) is 3.60. The van der Waals surface area contributed by atoms with Crippen molar-refractivity contribution < 1.29 is 18.7 Å². The fourth-order valence-corrected chi connectivity index (χ4v) is 2.50. The molecule has 1 amide bonds. The van der Waals surface area contributed by atoms with Gasteiger partial charge >= 0.3 is 0 Å². The summed E-state index contributed by atoms with van der Waals surface area (Å²) in [5, 5.41) is 0. The van der Waals surface area contributed by atoms with E-state index in [0.717, 1.165) is 12.8 Å². The van der Waals surface area contributed by atoms with Crippen LogP contribution in [-0.4, -0.2) is 43.7 Å². The molecule has 1 atom stereocenters. The molecule has 2 rings (SSSR count). The molecule has 1 saturated heterocycles. The zero-order valence-corrected chi connectivity index (χ0v) is 12.5. The third-order valence-corrected chi connectivity index (χ3v) is 3.60. The highest BCUT2D eigenvalue weighted by Gasteiger charge is 2.24. The first-order chi connectivity index (χ1) is 10.7. The van der Waals surface area contributed by atoms with Gasteiger partial charge in [-0.2, -0.15) is 0 Å². The summed E-state index contributed by atoms with van der Waals surface area (Å²) < 4.78 is 24.0. The van der Waals surface area contributed by atoms with E-state index in [2.05, 4.69) is 5.92 Å². The number of hydrogen-bond acceptors (Lipinski definition) is 3. The molecule has 0 unspecified atom stereocenters. The number of rotatable bonds is 6. The lowest BCUT2D eigenvalue weighted by atomic mass is 9.99. The number of para-hydroxylation sites is 1. The van der Waals surface area contributed by atoms with Gasteiger partial charge in [-0.15, -0.1) is 6.42 Å². The van der Waals surface area contributed by atoms with Crippen molar-refractivity contribution in [3.05, 3.63) is 30.1 Å². The number of piperidine rings is 1. The molecular formula is C17H20FNO3. The van der Waals surface area contributed by atoms with E-state index >= 15 is 0 Å². The van der Waals surface area contributed by atoms with E-state index in [1.807, 2.05) is 0 Å². The Labute approximate surface area is 130 Å². The Morgan fingerprint density at radius 1 is 1.45 bits per heavy atom. The number of likely N-dealkylation sites (tertiary alicyclic amines) is 1. The van der Waals surface area contributed by atoms with Gasteiger partial charge in [-0.05, 0) is 30.9 Å². The number of amides is 1. The zero-order chi connectivity index (χ0) is 15.8. The summed E-state index contributed by atoms with van der Waals surface area (Å²) in [6, 6.07) is 6.06. The van der Waals surface area contributed by atoms with Crippen molar-refractivity contribution in [2.45, 2.75) is 12.8 Å². The molecular weight excluding hydrogens is 285 g/mol.